The molecule has 18 aromatic rings. The summed E-state index contributed by atoms with van der Waals surface area (Å²) < 4.78 is 102. The van der Waals surface area contributed by atoms with E-state index in [0.29, 0.717) is 70.3 Å². The molecule has 6 radical (unpaired) electrons. The summed E-state index contributed by atoms with van der Waals surface area (Å²) in [6, 6.07) is 78.4. The Morgan fingerprint density at radius 3 is 0.852 bits per heavy atom. The Morgan fingerprint density at radius 1 is 0.295 bits per heavy atom. The number of tetrazole rings is 6. The molecule has 0 fully saturated rings. The number of halogens is 5. The number of nitrogens with zero attached hydrogens (tertiary/aromatic N) is 24. The second-order valence-corrected chi connectivity index (χ2v) is 32.7. The van der Waals surface area contributed by atoms with E-state index in [1.165, 1.54) is 80.5 Å². The van der Waals surface area contributed by atoms with Crippen LogP contribution in [0.3, 0.4) is 0 Å². The Hall–Kier alpha value is -10.7. The molecule has 0 N–H and O–H groups in total. The molecule has 0 aliphatic heterocycles. The van der Waals surface area contributed by atoms with Crippen LogP contribution in [-0.4, -0.2) is 119 Å². The number of hydrogen-bond donors (Lipinski definition) is 0. The fraction of sp³-hybridized carbons (Fsp3) is 0.235. The molecule has 6 aromatic heterocycles. The van der Waals surface area contributed by atoms with Gasteiger partial charge in [-0.1, -0.05) is 107 Å². The normalized spacial score (nSPS) is 10.5. The first kappa shape index (κ1) is 125. The zero-order valence-electron chi connectivity index (χ0n) is 84.1. The van der Waals surface area contributed by atoms with Gasteiger partial charge in [0.2, 0.25) is 0 Å². The molecule has 0 unspecified atom stereocenters. The van der Waals surface area contributed by atoms with Crippen LogP contribution < -0.4 is 62.6 Å². The van der Waals surface area contributed by atoms with Crippen molar-refractivity contribution in [1.82, 2.24) is 119 Å². The molecule has 0 aliphatic rings. The first-order valence-electron chi connectivity index (χ1n) is 44.2. The largest absolute Gasteiger partial charge is 0.514 e. The summed E-state index contributed by atoms with van der Waals surface area (Å²) in [5.74, 6) is 2.33. The van der Waals surface area contributed by atoms with Gasteiger partial charge in [-0.2, -0.15) is 184 Å². The minimum Gasteiger partial charge on any atom is -0.514 e. The van der Waals surface area contributed by atoms with E-state index in [1.54, 1.807) is 83.6 Å². The van der Waals surface area contributed by atoms with Gasteiger partial charge in [0.1, 0.15) is 39.6 Å². The van der Waals surface area contributed by atoms with Crippen LogP contribution in [0.2, 0.25) is 5.02 Å². The number of benzene rings is 12. The summed E-state index contributed by atoms with van der Waals surface area (Å²) in [4.78, 5) is 72.7. The number of alkyl halides is 3. The van der Waals surface area contributed by atoms with Crippen LogP contribution >= 0.6 is 11.6 Å². The van der Waals surface area contributed by atoms with Gasteiger partial charge in [-0.25, -0.2) is 28.8 Å². The van der Waals surface area contributed by atoms with E-state index in [-0.39, 0.29) is 256 Å². The summed E-state index contributed by atoms with van der Waals surface area (Å²) in [5.41, 5.74) is 15.5. The first-order valence-corrected chi connectivity index (χ1v) is 44.6. The third-order valence-electron chi connectivity index (χ3n) is 22.5. The molecule has 0 atom stereocenters. The molecule has 36 nitrogen and oxygen atoms in total. The Bertz CT molecular complexity index is 7600. The zero-order valence-corrected chi connectivity index (χ0v) is 102. The first-order chi connectivity index (χ1) is 68.6. The van der Waals surface area contributed by atoms with Crippen molar-refractivity contribution < 1.29 is 242 Å². The molecular formula is C102H97ClF4N24O12Y6-6. The molecule has 12 aromatic carbocycles. The second-order valence-electron chi connectivity index (χ2n) is 32.3. The summed E-state index contributed by atoms with van der Waals surface area (Å²) >= 11 is 6.08. The van der Waals surface area contributed by atoms with Gasteiger partial charge < -0.3 is 28.4 Å². The molecule has 18 rings (SSSR count). The van der Waals surface area contributed by atoms with Gasteiger partial charge in [0, 0.05) is 312 Å². The van der Waals surface area contributed by atoms with Crippen molar-refractivity contribution in [1.29, 1.82) is 0 Å². The van der Waals surface area contributed by atoms with Crippen molar-refractivity contribution in [3.8, 4) is 68.6 Å². The standard InChI is InChI=1S/2C18H19N4O2.C17H14F3N4O2.C17H17N4O2.C16H14ClN4O2.C16H14FN4O2.6Y/c1-12-8-9-14(3)17(10-12)24-11-15-13(2)6-5-7-16(15)22-18(23)21(4)19-20-22;1-4-14-9-5-6-11-17(14)24-12-15-13(2)8-7-10-16(15)22-18(23)21(3)19-20-22;1-11-6-5-8-14(24-16(25)23(2)21-22-24)12(11)10-26-15-9-4-3-7-13(15)17(18,19)20;1-12-8-6-9-15(21-17(22)20(3)18-19-21)14(12)11-23-16-10-5-4-7-13(16)2;2*1-11-6-5-8-14(21-16(22)20(2)18-19-21)12(11)10-23-15-9-4-3-7-13(15)17;;;;;;/h5-7,9-10H,11H2,1-4H3;6-11H,4,12H2,1-3H3;4-9H,10H2,1-2H3;5-10H,11H2,1-3H3;2*4-9H,10H2,1-2H3;;;;;;/q6*-1;;;;;;. The van der Waals surface area contributed by atoms with E-state index in [9.17, 15) is 46.3 Å². The quantitative estimate of drug-likeness (QED) is 0.0379. The van der Waals surface area contributed by atoms with Gasteiger partial charge in [-0.05, 0) is 184 Å². The van der Waals surface area contributed by atoms with Gasteiger partial charge in [0.15, 0.2) is 0 Å². The van der Waals surface area contributed by atoms with Crippen molar-refractivity contribution in [2.45, 2.75) is 121 Å². The summed E-state index contributed by atoms with van der Waals surface area (Å²) in [5, 5.41) is 46.2. The molecule has 756 valence electrons. The zero-order chi connectivity index (χ0) is 102. The Labute approximate surface area is 1010 Å². The van der Waals surface area contributed by atoms with Gasteiger partial charge in [-0.3, -0.25) is 4.39 Å². The van der Waals surface area contributed by atoms with Gasteiger partial charge in [-0.15, -0.1) is 59.2 Å². The molecule has 0 aliphatic carbocycles. The summed E-state index contributed by atoms with van der Waals surface area (Å²) in [6.07, 6.45) is -3.68. The van der Waals surface area contributed by atoms with Crippen LogP contribution in [0.15, 0.2) is 241 Å². The number of ether oxygens (including phenoxy) is 6. The molecule has 47 heteroatoms. The Balaban J connectivity index is 0.000000240. The van der Waals surface area contributed by atoms with E-state index >= 15 is 0 Å². The average Bonchev–Trinajstić information content (AvgIpc) is 1.56. The Morgan fingerprint density at radius 2 is 0.550 bits per heavy atom. The fourth-order valence-electron chi connectivity index (χ4n) is 14.2. The van der Waals surface area contributed by atoms with Crippen LogP contribution in [0, 0.1) is 105 Å². The predicted molar refractivity (Wildman–Crippen MR) is 519 cm³/mol. The van der Waals surface area contributed by atoms with Gasteiger partial charge in [0.25, 0.3) is 0 Å². The maximum Gasteiger partial charge on any atom is 0.373 e. The van der Waals surface area contributed by atoms with Gasteiger partial charge in [0.05, 0.1) is 34.1 Å². The van der Waals surface area contributed by atoms with E-state index in [0.717, 1.165) is 127 Å². The van der Waals surface area contributed by atoms with Crippen molar-refractivity contribution in [2.24, 2.45) is 42.3 Å². The van der Waals surface area contributed by atoms with Crippen molar-refractivity contribution in [3.63, 3.8) is 0 Å². The van der Waals surface area contributed by atoms with Gasteiger partial charge >= 0.3 is 40.3 Å². The molecule has 0 saturated heterocycles. The molecule has 6 heterocycles. The fourth-order valence-corrected chi connectivity index (χ4v) is 14.4. The third-order valence-corrected chi connectivity index (χ3v) is 22.8. The molecule has 0 saturated carbocycles. The van der Waals surface area contributed by atoms with E-state index in [2.05, 4.69) is 106 Å². The van der Waals surface area contributed by atoms with Crippen LogP contribution in [0.4, 0.5) is 17.6 Å². The number of rotatable bonds is 25. The van der Waals surface area contributed by atoms with Crippen LogP contribution in [0.5, 0.6) is 34.5 Å². The average molecular weight is 2500 g/mol. The molecule has 0 spiro atoms. The van der Waals surface area contributed by atoms with Crippen LogP contribution in [0.25, 0.3) is 34.1 Å². The van der Waals surface area contributed by atoms with Crippen LogP contribution in [-0.2, 0) is 291 Å². The third kappa shape index (κ3) is 31.8. The SMILES string of the molecule is CCc1c[c-]ccc1OCc1c(C)cccc1-n1nnn(C)c1=O.Cc1[c-]cc(C)c(OCc2c(C)cccc2-n2nnn(C)c2=O)c1.Cc1c[c-]ccc1OCc1c(C)cccc1-n1nnn(C)c1=O.Cc1cccc(-n2nnn(C)c2=O)c1COc1cc[c-]cc1C(F)(F)F.Cc1cccc(-n2nnn(C)c2=O)c1COc1cc[c-]cc1Cl.Cc1cccc(-n2nnn(C)c2=O)c1COc1cc[c-]cc1F.[Y].[Y].[Y].[Y].[Y].[Y]. The van der Waals surface area contributed by atoms with Crippen molar-refractivity contribution in [3.05, 3.63) is 417 Å². The van der Waals surface area contributed by atoms with E-state index in [4.69, 9.17) is 40.0 Å². The minimum absolute atomic E-state index is 0. The summed E-state index contributed by atoms with van der Waals surface area (Å²) in [7, 11) is 9.25. The molecular weight excluding hydrogens is 2400 g/mol. The maximum absolute atomic E-state index is 13.6. The topological polar surface area (TPSA) is 372 Å². The molecule has 0 amide bonds. The number of aryl methyl sites for hydroxylation is 16. The Kier molecular flexibility index (Phi) is 49.4. The van der Waals surface area contributed by atoms with E-state index < -0.39 is 23.2 Å². The van der Waals surface area contributed by atoms with Crippen molar-refractivity contribution in [2.75, 3.05) is 0 Å². The smallest absolute Gasteiger partial charge is 0.373 e. The summed E-state index contributed by atoms with van der Waals surface area (Å²) in [6.45, 7) is 20.8. The minimum atomic E-state index is -4.55. The number of hydrogen-bond acceptors (Lipinski definition) is 24. The second kappa shape index (κ2) is 58.8. The van der Waals surface area contributed by atoms with E-state index in [1.807, 2.05) is 189 Å². The van der Waals surface area contributed by atoms with Crippen LogP contribution in [0.1, 0.15) is 102 Å². The molecule has 0 bridgehead atoms. The predicted octanol–water partition coefficient (Wildman–Crippen LogP) is 13.2. The monoisotopic (exact) mass is 2490 g/mol. The number of aromatic nitrogens is 24. The molecule has 149 heavy (non-hydrogen) atoms. The maximum atomic E-state index is 13.6. The van der Waals surface area contributed by atoms with Crippen molar-refractivity contribution >= 4 is 11.6 Å².